The molecule has 2 heterocycles. The van der Waals surface area contributed by atoms with E-state index in [1.807, 2.05) is 17.5 Å². The molecule has 3 unspecified atom stereocenters. The molecule has 2 nitrogen and oxygen atoms in total. The van der Waals surface area contributed by atoms with Crippen molar-refractivity contribution in [3.63, 3.8) is 0 Å². The van der Waals surface area contributed by atoms with Gasteiger partial charge < -0.3 is 9.84 Å². The Morgan fingerprint density at radius 3 is 3.00 bits per heavy atom. The molecule has 1 N–H and O–H groups in total. The summed E-state index contributed by atoms with van der Waals surface area (Å²) in [6.45, 7) is 2.06. The normalized spacial score (nSPS) is 30.6. The van der Waals surface area contributed by atoms with Gasteiger partial charge in [0.2, 0.25) is 0 Å². The van der Waals surface area contributed by atoms with E-state index in [1.54, 1.807) is 11.3 Å². The number of hydrogen-bond acceptors (Lipinski definition) is 3. The van der Waals surface area contributed by atoms with Crippen LogP contribution in [-0.2, 0) is 4.74 Å². The van der Waals surface area contributed by atoms with Crippen molar-refractivity contribution >= 4 is 11.3 Å². The van der Waals surface area contributed by atoms with Crippen LogP contribution in [0, 0.1) is 0 Å². The number of ether oxygens (including phenoxy) is 1. The van der Waals surface area contributed by atoms with Crippen LogP contribution in [-0.4, -0.2) is 17.3 Å². The van der Waals surface area contributed by atoms with Gasteiger partial charge in [-0.05, 0) is 31.2 Å². The maximum Gasteiger partial charge on any atom is 0.114 e. The standard InChI is InChI=1S/C10H14O2S/c1-7-4-5-8(12-7)10(11)9-3-2-6-13-9/h2-3,6-8,10-11H,4-5H2,1H3. The van der Waals surface area contributed by atoms with Crippen LogP contribution >= 0.6 is 11.3 Å². The smallest absolute Gasteiger partial charge is 0.114 e. The van der Waals surface area contributed by atoms with Gasteiger partial charge in [-0.15, -0.1) is 11.3 Å². The maximum atomic E-state index is 9.91. The molecule has 1 aromatic rings. The summed E-state index contributed by atoms with van der Waals surface area (Å²) in [5, 5.41) is 11.9. The van der Waals surface area contributed by atoms with Gasteiger partial charge in [0.05, 0.1) is 12.2 Å². The van der Waals surface area contributed by atoms with Crippen LogP contribution in [0.5, 0.6) is 0 Å². The molecule has 0 spiro atoms. The van der Waals surface area contributed by atoms with Gasteiger partial charge in [0.1, 0.15) is 6.10 Å². The van der Waals surface area contributed by atoms with Gasteiger partial charge >= 0.3 is 0 Å². The Kier molecular flexibility index (Phi) is 2.67. The Balaban J connectivity index is 2.02. The zero-order valence-electron chi connectivity index (χ0n) is 7.64. The summed E-state index contributed by atoms with van der Waals surface area (Å²) in [5.74, 6) is 0. The third-order valence-electron chi connectivity index (χ3n) is 2.45. The second-order valence-corrected chi connectivity index (χ2v) is 4.50. The van der Waals surface area contributed by atoms with Crippen molar-refractivity contribution in [1.82, 2.24) is 0 Å². The van der Waals surface area contributed by atoms with Crippen molar-refractivity contribution in [2.24, 2.45) is 0 Å². The summed E-state index contributed by atoms with van der Waals surface area (Å²) in [4.78, 5) is 1.01. The Morgan fingerprint density at radius 1 is 1.62 bits per heavy atom. The van der Waals surface area contributed by atoms with E-state index in [0.717, 1.165) is 17.7 Å². The first-order valence-electron chi connectivity index (χ1n) is 4.64. The van der Waals surface area contributed by atoms with Gasteiger partial charge in [0.15, 0.2) is 0 Å². The van der Waals surface area contributed by atoms with E-state index < -0.39 is 6.10 Å². The highest BCUT2D eigenvalue weighted by Crippen LogP contribution is 2.31. The lowest BCUT2D eigenvalue weighted by Crippen LogP contribution is -2.17. The zero-order valence-corrected chi connectivity index (χ0v) is 8.46. The van der Waals surface area contributed by atoms with E-state index in [4.69, 9.17) is 4.74 Å². The molecule has 0 amide bonds. The molecule has 0 bridgehead atoms. The number of aliphatic hydroxyl groups is 1. The lowest BCUT2D eigenvalue weighted by Gasteiger charge is -2.16. The van der Waals surface area contributed by atoms with E-state index in [9.17, 15) is 5.11 Å². The molecule has 3 atom stereocenters. The lowest BCUT2D eigenvalue weighted by molar-refractivity contribution is -0.0282. The van der Waals surface area contributed by atoms with E-state index in [0.29, 0.717) is 6.10 Å². The first-order chi connectivity index (χ1) is 6.27. The fourth-order valence-corrected chi connectivity index (χ4v) is 2.47. The zero-order chi connectivity index (χ0) is 9.26. The molecule has 1 aliphatic rings. The fourth-order valence-electron chi connectivity index (χ4n) is 1.71. The van der Waals surface area contributed by atoms with Crippen LogP contribution in [0.4, 0.5) is 0 Å². The third-order valence-corrected chi connectivity index (χ3v) is 3.39. The van der Waals surface area contributed by atoms with Gasteiger partial charge in [-0.2, -0.15) is 0 Å². The summed E-state index contributed by atoms with van der Waals surface area (Å²) in [5.41, 5.74) is 0. The molecule has 0 aliphatic carbocycles. The van der Waals surface area contributed by atoms with Crippen molar-refractivity contribution in [2.75, 3.05) is 0 Å². The molecular formula is C10H14O2S. The van der Waals surface area contributed by atoms with Crippen LogP contribution in [0.15, 0.2) is 17.5 Å². The largest absolute Gasteiger partial charge is 0.385 e. The van der Waals surface area contributed by atoms with E-state index >= 15 is 0 Å². The van der Waals surface area contributed by atoms with Crippen molar-refractivity contribution in [1.29, 1.82) is 0 Å². The highest BCUT2D eigenvalue weighted by Gasteiger charge is 2.29. The quantitative estimate of drug-likeness (QED) is 0.790. The number of aliphatic hydroxyl groups excluding tert-OH is 1. The Hall–Kier alpha value is -0.380. The number of hydrogen-bond donors (Lipinski definition) is 1. The van der Waals surface area contributed by atoms with Crippen molar-refractivity contribution in [3.8, 4) is 0 Å². The van der Waals surface area contributed by atoms with Crippen molar-refractivity contribution in [2.45, 2.75) is 38.1 Å². The number of thiophene rings is 1. The SMILES string of the molecule is CC1CCC(C(O)c2cccs2)O1. The van der Waals surface area contributed by atoms with Crippen LogP contribution in [0.2, 0.25) is 0 Å². The molecule has 13 heavy (non-hydrogen) atoms. The highest BCUT2D eigenvalue weighted by molar-refractivity contribution is 7.10. The Labute approximate surface area is 82.2 Å². The van der Waals surface area contributed by atoms with Gasteiger partial charge in [0.25, 0.3) is 0 Å². The van der Waals surface area contributed by atoms with Crippen LogP contribution in [0.25, 0.3) is 0 Å². The maximum absolute atomic E-state index is 9.91. The summed E-state index contributed by atoms with van der Waals surface area (Å²) < 4.78 is 5.60. The van der Waals surface area contributed by atoms with Crippen LogP contribution < -0.4 is 0 Å². The summed E-state index contributed by atoms with van der Waals surface area (Å²) in [6.07, 6.45) is 1.92. The predicted molar refractivity (Wildman–Crippen MR) is 52.8 cm³/mol. The first kappa shape index (κ1) is 9.19. The summed E-state index contributed by atoms with van der Waals surface area (Å²) in [7, 11) is 0. The summed E-state index contributed by atoms with van der Waals surface area (Å²) >= 11 is 1.59. The van der Waals surface area contributed by atoms with E-state index in [-0.39, 0.29) is 6.10 Å². The molecule has 0 saturated carbocycles. The average Bonchev–Trinajstić information content (AvgIpc) is 2.72. The minimum Gasteiger partial charge on any atom is -0.385 e. The topological polar surface area (TPSA) is 29.5 Å². The van der Waals surface area contributed by atoms with Crippen LogP contribution in [0.3, 0.4) is 0 Å². The second kappa shape index (κ2) is 3.78. The lowest BCUT2D eigenvalue weighted by atomic mass is 10.1. The molecule has 0 radical (unpaired) electrons. The molecule has 1 fully saturated rings. The monoisotopic (exact) mass is 198 g/mol. The molecule has 3 heteroatoms. The molecule has 72 valence electrons. The second-order valence-electron chi connectivity index (χ2n) is 3.52. The van der Waals surface area contributed by atoms with Crippen molar-refractivity contribution in [3.05, 3.63) is 22.4 Å². The Morgan fingerprint density at radius 2 is 2.46 bits per heavy atom. The average molecular weight is 198 g/mol. The molecule has 1 aliphatic heterocycles. The van der Waals surface area contributed by atoms with Gasteiger partial charge in [-0.1, -0.05) is 6.07 Å². The third kappa shape index (κ3) is 1.93. The van der Waals surface area contributed by atoms with E-state index in [2.05, 4.69) is 6.92 Å². The Bertz CT molecular complexity index is 258. The molecule has 1 saturated heterocycles. The summed E-state index contributed by atoms with van der Waals surface area (Å²) in [6, 6.07) is 3.92. The first-order valence-corrected chi connectivity index (χ1v) is 5.52. The minimum atomic E-state index is -0.426. The predicted octanol–water partition coefficient (Wildman–Crippen LogP) is 2.35. The van der Waals surface area contributed by atoms with Crippen molar-refractivity contribution < 1.29 is 9.84 Å². The number of rotatable bonds is 2. The minimum absolute atomic E-state index is 0.00801. The molecular weight excluding hydrogens is 184 g/mol. The van der Waals surface area contributed by atoms with E-state index in [1.165, 1.54) is 0 Å². The molecule has 2 rings (SSSR count). The van der Waals surface area contributed by atoms with Crippen LogP contribution in [0.1, 0.15) is 30.7 Å². The molecule has 1 aromatic heterocycles. The fraction of sp³-hybridized carbons (Fsp3) is 0.600. The van der Waals surface area contributed by atoms with Gasteiger partial charge in [-0.3, -0.25) is 0 Å². The van der Waals surface area contributed by atoms with Gasteiger partial charge in [0, 0.05) is 4.88 Å². The highest BCUT2D eigenvalue weighted by atomic mass is 32.1. The van der Waals surface area contributed by atoms with Gasteiger partial charge in [-0.25, -0.2) is 0 Å². The molecule has 0 aromatic carbocycles.